The third kappa shape index (κ3) is 1.98. The molecule has 0 amide bonds. The van der Waals surface area contributed by atoms with Crippen molar-refractivity contribution in [3.8, 4) is 11.1 Å². The third-order valence-corrected chi connectivity index (χ3v) is 2.98. The van der Waals surface area contributed by atoms with Gasteiger partial charge in [0.2, 0.25) is 5.88 Å². The zero-order valence-corrected chi connectivity index (χ0v) is 10.6. The topological polar surface area (TPSA) is 55.3 Å². The molecule has 2 N–H and O–H groups in total. The normalized spacial score (nSPS) is 10.6. The van der Waals surface area contributed by atoms with Gasteiger partial charge in [-0.2, -0.15) is 0 Å². The van der Waals surface area contributed by atoms with E-state index in [-0.39, 0.29) is 0 Å². The standard InChI is InChI=1S/C13H17N3O/c1-8-5-10(11-7-15-17-13(11)14)12(16(3)4)6-9(8)2/h5-7H,14H2,1-4H3. The Morgan fingerprint density at radius 3 is 2.29 bits per heavy atom. The molecule has 0 aliphatic heterocycles. The monoisotopic (exact) mass is 231 g/mol. The average Bonchev–Trinajstić information content (AvgIpc) is 2.67. The number of rotatable bonds is 2. The van der Waals surface area contributed by atoms with E-state index in [1.807, 2.05) is 14.1 Å². The minimum Gasteiger partial charge on any atom is -0.377 e. The van der Waals surface area contributed by atoms with Crippen LogP contribution in [0.3, 0.4) is 0 Å². The smallest absolute Gasteiger partial charge is 0.230 e. The first kappa shape index (κ1) is 11.5. The fourth-order valence-corrected chi connectivity index (χ4v) is 1.84. The first-order chi connectivity index (χ1) is 8.00. The van der Waals surface area contributed by atoms with E-state index < -0.39 is 0 Å². The van der Waals surface area contributed by atoms with Gasteiger partial charge in [0.05, 0.1) is 11.8 Å². The summed E-state index contributed by atoms with van der Waals surface area (Å²) in [6, 6.07) is 4.27. The number of nitrogens with two attached hydrogens (primary N) is 1. The Kier molecular flexibility index (Phi) is 2.79. The van der Waals surface area contributed by atoms with Crippen LogP contribution in [0.25, 0.3) is 11.1 Å². The van der Waals surface area contributed by atoms with E-state index in [0.717, 1.165) is 16.8 Å². The number of hydrogen-bond acceptors (Lipinski definition) is 4. The van der Waals surface area contributed by atoms with E-state index in [1.165, 1.54) is 11.1 Å². The van der Waals surface area contributed by atoms with Crippen molar-refractivity contribution < 1.29 is 4.52 Å². The molecule has 4 heteroatoms. The van der Waals surface area contributed by atoms with Crippen LogP contribution in [0.1, 0.15) is 11.1 Å². The van der Waals surface area contributed by atoms with Crippen LogP contribution in [0.4, 0.5) is 11.6 Å². The Morgan fingerprint density at radius 1 is 1.12 bits per heavy atom. The van der Waals surface area contributed by atoms with Gasteiger partial charge >= 0.3 is 0 Å². The van der Waals surface area contributed by atoms with Gasteiger partial charge in [-0.05, 0) is 37.1 Å². The zero-order chi connectivity index (χ0) is 12.6. The van der Waals surface area contributed by atoms with Crippen molar-refractivity contribution in [1.29, 1.82) is 0 Å². The fraction of sp³-hybridized carbons (Fsp3) is 0.308. The second-order valence-electron chi connectivity index (χ2n) is 4.45. The van der Waals surface area contributed by atoms with Crippen molar-refractivity contribution in [2.75, 3.05) is 24.7 Å². The molecule has 1 aromatic heterocycles. The minimum absolute atomic E-state index is 0.358. The third-order valence-electron chi connectivity index (χ3n) is 2.98. The summed E-state index contributed by atoms with van der Waals surface area (Å²) < 4.78 is 4.93. The maximum atomic E-state index is 5.78. The van der Waals surface area contributed by atoms with E-state index >= 15 is 0 Å². The van der Waals surface area contributed by atoms with E-state index in [2.05, 4.69) is 36.0 Å². The molecule has 4 nitrogen and oxygen atoms in total. The van der Waals surface area contributed by atoms with Gasteiger partial charge in [0, 0.05) is 25.3 Å². The quantitative estimate of drug-likeness (QED) is 0.863. The van der Waals surface area contributed by atoms with Gasteiger partial charge in [-0.15, -0.1) is 0 Å². The number of aromatic nitrogens is 1. The van der Waals surface area contributed by atoms with Gasteiger partial charge < -0.3 is 15.2 Å². The zero-order valence-electron chi connectivity index (χ0n) is 10.6. The summed E-state index contributed by atoms with van der Waals surface area (Å²) >= 11 is 0. The molecule has 0 saturated heterocycles. The number of benzene rings is 1. The van der Waals surface area contributed by atoms with Crippen LogP contribution in [0.2, 0.25) is 0 Å². The van der Waals surface area contributed by atoms with Crippen LogP contribution in [-0.4, -0.2) is 19.3 Å². The van der Waals surface area contributed by atoms with E-state index in [4.69, 9.17) is 10.3 Å². The molecule has 0 unspecified atom stereocenters. The second-order valence-corrected chi connectivity index (χ2v) is 4.45. The lowest BCUT2D eigenvalue weighted by atomic mass is 9.99. The largest absolute Gasteiger partial charge is 0.377 e. The number of anilines is 2. The maximum Gasteiger partial charge on any atom is 0.230 e. The summed E-state index contributed by atoms with van der Waals surface area (Å²) in [5.41, 5.74) is 11.3. The van der Waals surface area contributed by atoms with Crippen molar-refractivity contribution in [2.24, 2.45) is 0 Å². The molecule has 0 bridgehead atoms. The lowest BCUT2D eigenvalue weighted by molar-refractivity contribution is 0.436. The lowest BCUT2D eigenvalue weighted by Gasteiger charge is -2.19. The van der Waals surface area contributed by atoms with Gasteiger partial charge in [0.1, 0.15) is 0 Å². The second kappa shape index (κ2) is 4.13. The van der Waals surface area contributed by atoms with Crippen molar-refractivity contribution in [3.05, 3.63) is 29.5 Å². The minimum atomic E-state index is 0.358. The Balaban J connectivity index is 2.68. The average molecular weight is 231 g/mol. The van der Waals surface area contributed by atoms with Crippen LogP contribution < -0.4 is 10.6 Å². The predicted octanol–water partition coefficient (Wildman–Crippen LogP) is 2.61. The Bertz CT molecular complexity index is 544. The number of nitrogens with zero attached hydrogens (tertiary/aromatic N) is 2. The molecule has 0 fully saturated rings. The molecule has 0 radical (unpaired) electrons. The molecule has 0 aliphatic carbocycles. The summed E-state index contributed by atoms with van der Waals surface area (Å²) in [5.74, 6) is 0.358. The van der Waals surface area contributed by atoms with E-state index in [1.54, 1.807) is 6.20 Å². The molecule has 0 aliphatic rings. The van der Waals surface area contributed by atoms with Crippen molar-refractivity contribution in [2.45, 2.75) is 13.8 Å². The summed E-state index contributed by atoms with van der Waals surface area (Å²) in [5, 5.41) is 3.73. The predicted molar refractivity (Wildman–Crippen MR) is 70.2 cm³/mol. The van der Waals surface area contributed by atoms with Crippen LogP contribution in [0, 0.1) is 13.8 Å². The highest BCUT2D eigenvalue weighted by Gasteiger charge is 2.14. The SMILES string of the molecule is Cc1cc(-c2cnoc2N)c(N(C)C)cc1C. The van der Waals surface area contributed by atoms with Gasteiger partial charge in [0.25, 0.3) is 0 Å². The van der Waals surface area contributed by atoms with Gasteiger partial charge in [0.15, 0.2) is 0 Å². The number of aryl methyl sites for hydroxylation is 2. The molecule has 0 saturated carbocycles. The molecule has 17 heavy (non-hydrogen) atoms. The maximum absolute atomic E-state index is 5.78. The van der Waals surface area contributed by atoms with Crippen LogP contribution in [-0.2, 0) is 0 Å². The Morgan fingerprint density at radius 2 is 1.76 bits per heavy atom. The first-order valence-corrected chi connectivity index (χ1v) is 5.49. The van der Waals surface area contributed by atoms with Crippen molar-refractivity contribution >= 4 is 11.6 Å². The van der Waals surface area contributed by atoms with Gasteiger partial charge in [-0.1, -0.05) is 5.16 Å². The molecule has 2 aromatic rings. The van der Waals surface area contributed by atoms with Crippen LogP contribution >= 0.6 is 0 Å². The Labute approximate surface area is 101 Å². The van der Waals surface area contributed by atoms with Crippen LogP contribution in [0.5, 0.6) is 0 Å². The summed E-state index contributed by atoms with van der Waals surface area (Å²) in [4.78, 5) is 2.06. The summed E-state index contributed by atoms with van der Waals surface area (Å²) in [7, 11) is 4.02. The molecule has 2 rings (SSSR count). The molecule has 90 valence electrons. The first-order valence-electron chi connectivity index (χ1n) is 5.49. The number of nitrogen functional groups attached to an aromatic ring is 1. The fourth-order valence-electron chi connectivity index (χ4n) is 1.84. The lowest BCUT2D eigenvalue weighted by Crippen LogP contribution is -2.10. The number of hydrogen-bond donors (Lipinski definition) is 1. The molecular formula is C13H17N3O. The molecule has 0 atom stereocenters. The molecular weight excluding hydrogens is 214 g/mol. The highest BCUT2D eigenvalue weighted by molar-refractivity contribution is 5.84. The molecule has 0 spiro atoms. The molecule has 1 aromatic carbocycles. The van der Waals surface area contributed by atoms with Gasteiger partial charge in [-0.25, -0.2) is 0 Å². The summed E-state index contributed by atoms with van der Waals surface area (Å²) in [6.07, 6.45) is 1.66. The molecule has 1 heterocycles. The summed E-state index contributed by atoms with van der Waals surface area (Å²) in [6.45, 7) is 4.19. The van der Waals surface area contributed by atoms with Crippen molar-refractivity contribution in [1.82, 2.24) is 5.16 Å². The van der Waals surface area contributed by atoms with Crippen molar-refractivity contribution in [3.63, 3.8) is 0 Å². The highest BCUT2D eigenvalue weighted by Crippen LogP contribution is 2.35. The highest BCUT2D eigenvalue weighted by atomic mass is 16.5. The van der Waals surface area contributed by atoms with E-state index in [0.29, 0.717) is 5.88 Å². The van der Waals surface area contributed by atoms with E-state index in [9.17, 15) is 0 Å². The van der Waals surface area contributed by atoms with Crippen LogP contribution in [0.15, 0.2) is 22.9 Å². The van der Waals surface area contributed by atoms with Gasteiger partial charge in [-0.3, -0.25) is 0 Å². The Hall–Kier alpha value is -1.97.